The summed E-state index contributed by atoms with van der Waals surface area (Å²) in [6.07, 6.45) is 3.62. The summed E-state index contributed by atoms with van der Waals surface area (Å²) in [6, 6.07) is 83.4. The first-order chi connectivity index (χ1) is 48.9. The number of rotatable bonds is 10. The molecule has 0 saturated heterocycles. The van der Waals surface area contributed by atoms with Crippen LogP contribution < -0.4 is 9.80 Å². The van der Waals surface area contributed by atoms with E-state index in [0.29, 0.717) is 61.9 Å². The van der Waals surface area contributed by atoms with E-state index in [9.17, 15) is 10.2 Å². The Morgan fingerprint density at radius 1 is 0.379 bits per heavy atom. The maximum atomic E-state index is 11.9. The minimum Gasteiger partial charge on any atom is -0.507 e. The zero-order chi connectivity index (χ0) is 71.0. The number of anilines is 6. The molecule has 0 fully saturated rings. The van der Waals surface area contributed by atoms with Gasteiger partial charge in [-0.3, -0.25) is 9.88 Å². The normalized spacial score (nSPS) is 12.1. The molecule has 0 radical (unpaired) electrons. The van der Waals surface area contributed by atoms with E-state index in [2.05, 4.69) is 208 Å². The fourth-order valence-corrected chi connectivity index (χ4v) is 13.5. The minimum atomic E-state index is -0.311. The number of phenols is 2. The van der Waals surface area contributed by atoms with Crippen LogP contribution in [0.3, 0.4) is 0 Å². The molecule has 0 saturated carbocycles. The predicted octanol–water partition coefficient (Wildman–Crippen LogP) is 23.9. The number of nitrogens with zero attached hydrogens (tertiary/aromatic N) is 8. The molecule has 0 atom stereocenters. The fraction of sp³-hybridized carbons (Fsp3) is 0.178. The molecular weight excluding hydrogens is 1450 g/mol. The van der Waals surface area contributed by atoms with Gasteiger partial charge in [0.2, 0.25) is 0 Å². The van der Waals surface area contributed by atoms with Crippen LogP contribution in [0.5, 0.6) is 11.5 Å². The summed E-state index contributed by atoms with van der Waals surface area (Å²) in [5, 5.41) is 30.0. The molecule has 6 heterocycles. The summed E-state index contributed by atoms with van der Waals surface area (Å²) < 4.78 is 13.0. The Morgan fingerprint density at radius 2 is 0.806 bits per heavy atom. The number of aromatic hydroxyl groups is 2. The van der Waals surface area contributed by atoms with Crippen LogP contribution in [-0.2, 0) is 42.7 Å². The van der Waals surface area contributed by atoms with Gasteiger partial charge in [-0.2, -0.15) is 0 Å². The van der Waals surface area contributed by atoms with Gasteiger partial charge in [0.05, 0.1) is 22.5 Å². The zero-order valence-corrected chi connectivity index (χ0v) is 62.0. The molecule has 13 heteroatoms. The molecular formula is C90H79N8O4Pt-. The molecule has 0 amide bonds. The number of hydrogen-bond donors (Lipinski definition) is 2. The standard InChI is InChI=1S/C45H40N4O2.C45H39N4O2.Pt/c2*1-44(2,3)30-26-34(41(50)35(27-30)45(4,5)6)43-47-39(42-40(48-43)33-20-9-10-22-37(33)51-42)29-17-13-18-31(25-29)49(38-23-11-12-24-46-38)36-21-14-16-28-15-7-8-19-32(28)36;/h7-27,50H,1-6H3;7-24,26-27,50H,1-6H3;/q;-1;. The van der Waals surface area contributed by atoms with Crippen LogP contribution in [0.1, 0.15) is 105 Å². The number of phenolic OH excluding ortho intramolecular Hbond substituents is 2. The van der Waals surface area contributed by atoms with Crippen LogP contribution >= 0.6 is 0 Å². The van der Waals surface area contributed by atoms with Gasteiger partial charge in [0.15, 0.2) is 17.2 Å². The summed E-state index contributed by atoms with van der Waals surface area (Å²) in [4.78, 5) is 34.6. The van der Waals surface area contributed by atoms with Crippen LogP contribution in [-0.4, -0.2) is 40.1 Å². The van der Waals surface area contributed by atoms with Crippen molar-refractivity contribution in [3.05, 3.63) is 277 Å². The molecule has 2 N–H and O–H groups in total. The SMILES string of the molecule is CC(C)(C)c1cc(-c2nc(-c3[c-]c(N(c4ccccn4)c4cccc5ccccc45)ccc3)c3oc4ccccc4c3n2)c(O)c(C(C)(C)C)c1.CC(C)(C)c1cc(-c2nc(-c3cccc(N(c4ccccn4)c4cccc5ccccc45)c3)c3oc4ccccc4c3n2)c(O)c(C(C)(C)C)c1.[Pt]. The topological polar surface area (TPSA) is 151 Å². The molecule has 0 aliphatic heterocycles. The quantitative estimate of drug-likeness (QED) is 0.125. The second-order valence-corrected chi connectivity index (χ2v) is 30.2. The number of pyridine rings is 2. The third kappa shape index (κ3) is 13.2. The molecule has 0 spiro atoms. The smallest absolute Gasteiger partial charge is 0.180 e. The van der Waals surface area contributed by atoms with Crippen molar-refractivity contribution in [1.82, 2.24) is 29.9 Å². The molecule has 10 aromatic carbocycles. The van der Waals surface area contributed by atoms with Crippen molar-refractivity contribution in [2.24, 2.45) is 0 Å². The Labute approximate surface area is 614 Å². The van der Waals surface area contributed by atoms with Gasteiger partial charge in [-0.25, -0.2) is 24.9 Å². The Bertz CT molecular complexity index is 5510. The summed E-state index contributed by atoms with van der Waals surface area (Å²) in [6.45, 7) is 25.8. The van der Waals surface area contributed by atoms with Crippen molar-refractivity contribution in [3.8, 4) is 56.8 Å². The third-order valence-electron chi connectivity index (χ3n) is 18.9. The molecule has 12 nitrogen and oxygen atoms in total. The monoisotopic (exact) mass is 1530 g/mol. The molecule has 6 aromatic heterocycles. The fourth-order valence-electron chi connectivity index (χ4n) is 13.5. The van der Waals surface area contributed by atoms with Crippen LogP contribution in [0.15, 0.2) is 258 Å². The van der Waals surface area contributed by atoms with Crippen molar-refractivity contribution < 1.29 is 40.1 Å². The number of furan rings is 2. The average molecular weight is 1530 g/mol. The first-order valence-corrected chi connectivity index (χ1v) is 34.6. The van der Waals surface area contributed by atoms with Gasteiger partial charge in [-0.1, -0.05) is 217 Å². The van der Waals surface area contributed by atoms with E-state index < -0.39 is 0 Å². The van der Waals surface area contributed by atoms with Crippen LogP contribution in [0.4, 0.5) is 34.4 Å². The number of benzene rings is 10. The summed E-state index contributed by atoms with van der Waals surface area (Å²) >= 11 is 0. The Balaban J connectivity index is 0.000000173. The summed E-state index contributed by atoms with van der Waals surface area (Å²) in [5.41, 5.74) is 14.6. The van der Waals surface area contributed by atoms with E-state index in [-0.39, 0.29) is 54.2 Å². The molecule has 16 aromatic rings. The van der Waals surface area contributed by atoms with Crippen molar-refractivity contribution >= 4 is 100 Å². The molecule has 0 bridgehead atoms. The van der Waals surface area contributed by atoms with Crippen molar-refractivity contribution in [1.29, 1.82) is 0 Å². The second-order valence-electron chi connectivity index (χ2n) is 30.2. The zero-order valence-electron chi connectivity index (χ0n) is 59.8. The van der Waals surface area contributed by atoms with Gasteiger partial charge in [0.1, 0.15) is 56.6 Å². The summed E-state index contributed by atoms with van der Waals surface area (Å²) in [7, 11) is 0. The molecule has 0 aliphatic carbocycles. The number of para-hydroxylation sites is 2. The number of hydrogen-bond acceptors (Lipinski definition) is 12. The molecule has 0 unspecified atom stereocenters. The van der Waals surface area contributed by atoms with E-state index in [4.69, 9.17) is 38.7 Å². The molecule has 103 heavy (non-hydrogen) atoms. The van der Waals surface area contributed by atoms with Gasteiger partial charge in [0, 0.05) is 83.1 Å². The van der Waals surface area contributed by atoms with E-state index in [1.165, 1.54) is 0 Å². The molecule has 0 aliphatic rings. The molecule has 16 rings (SSSR count). The van der Waals surface area contributed by atoms with Crippen LogP contribution in [0.2, 0.25) is 0 Å². The maximum absolute atomic E-state index is 11.9. The maximum Gasteiger partial charge on any atom is 0.180 e. The van der Waals surface area contributed by atoms with E-state index in [0.717, 1.165) is 106 Å². The Morgan fingerprint density at radius 3 is 1.30 bits per heavy atom. The Hall–Kier alpha value is -11.3. The van der Waals surface area contributed by atoms with E-state index >= 15 is 0 Å². The second kappa shape index (κ2) is 26.9. The minimum absolute atomic E-state index is 0. The van der Waals surface area contributed by atoms with Crippen molar-refractivity contribution in [2.75, 3.05) is 9.80 Å². The first-order valence-electron chi connectivity index (χ1n) is 34.6. The van der Waals surface area contributed by atoms with Gasteiger partial charge in [0.25, 0.3) is 0 Å². The Kier molecular flexibility index (Phi) is 18.0. The van der Waals surface area contributed by atoms with Gasteiger partial charge >= 0.3 is 0 Å². The summed E-state index contributed by atoms with van der Waals surface area (Å²) in [5.74, 6) is 2.80. The number of fused-ring (bicyclic) bond motifs is 8. The van der Waals surface area contributed by atoms with Crippen molar-refractivity contribution in [2.45, 2.75) is 105 Å². The molecule has 514 valence electrons. The van der Waals surface area contributed by atoms with Crippen LogP contribution in [0, 0.1) is 6.07 Å². The average Bonchev–Trinajstić information content (AvgIpc) is 1.68. The third-order valence-corrected chi connectivity index (χ3v) is 18.9. The van der Waals surface area contributed by atoms with Crippen LogP contribution in [0.25, 0.3) is 111 Å². The van der Waals surface area contributed by atoms with Gasteiger partial charge < -0.3 is 23.9 Å². The predicted molar refractivity (Wildman–Crippen MR) is 417 cm³/mol. The van der Waals surface area contributed by atoms with Gasteiger partial charge in [-0.15, -0.1) is 29.8 Å². The largest absolute Gasteiger partial charge is 0.507 e. The first kappa shape index (κ1) is 68.8. The van der Waals surface area contributed by atoms with E-state index in [1.54, 1.807) is 6.20 Å². The number of aromatic nitrogens is 6. The van der Waals surface area contributed by atoms with Crippen molar-refractivity contribution in [3.63, 3.8) is 0 Å². The van der Waals surface area contributed by atoms with Gasteiger partial charge in [-0.05, 0) is 134 Å². The van der Waals surface area contributed by atoms with E-state index in [1.807, 2.05) is 134 Å².